The van der Waals surface area contributed by atoms with Crippen LogP contribution in [0.4, 0.5) is 0 Å². The quantitative estimate of drug-likeness (QED) is 0.198. The Balaban J connectivity index is 0.000000638. The van der Waals surface area contributed by atoms with E-state index >= 15 is 0 Å². The summed E-state index contributed by atoms with van der Waals surface area (Å²) in [5.74, 6) is 1.62. The average molecular weight is 541 g/mol. The van der Waals surface area contributed by atoms with Gasteiger partial charge >= 0.3 is 0 Å². The molecule has 1 aromatic carbocycles. The fourth-order valence-corrected chi connectivity index (χ4v) is 5.42. The van der Waals surface area contributed by atoms with Gasteiger partial charge in [0.25, 0.3) is 0 Å². The zero-order valence-corrected chi connectivity index (χ0v) is 24.9. The number of unbranched alkanes of at least 4 members (excludes halogenated alkanes) is 1. The first kappa shape index (κ1) is 31.8. The SMILES string of the molecule is CC(C)CC(N)=O.CCCCC(=N/C=C(\C)c1ccc(Cc2ncco2)cc1SNCC)C1CCCCC1. The summed E-state index contributed by atoms with van der Waals surface area (Å²) >= 11 is 1.69. The summed E-state index contributed by atoms with van der Waals surface area (Å²) in [6.45, 7) is 11.4. The molecule has 0 radical (unpaired) electrons. The van der Waals surface area contributed by atoms with Crippen LogP contribution in [0.2, 0.25) is 0 Å². The van der Waals surface area contributed by atoms with Crippen LogP contribution >= 0.6 is 11.9 Å². The van der Waals surface area contributed by atoms with Crippen molar-refractivity contribution in [2.24, 2.45) is 22.6 Å². The highest BCUT2D eigenvalue weighted by molar-refractivity contribution is 7.97. The molecule has 38 heavy (non-hydrogen) atoms. The van der Waals surface area contributed by atoms with Crippen LogP contribution in [-0.4, -0.2) is 23.1 Å². The number of amides is 1. The number of hydrogen-bond acceptors (Lipinski definition) is 6. The molecule has 0 unspecified atom stereocenters. The van der Waals surface area contributed by atoms with Crippen molar-refractivity contribution in [2.45, 2.75) is 104 Å². The van der Waals surface area contributed by atoms with Crippen LogP contribution in [0.15, 0.2) is 51.2 Å². The van der Waals surface area contributed by atoms with Crippen molar-refractivity contribution in [3.8, 4) is 0 Å². The Morgan fingerprint density at radius 1 is 1.26 bits per heavy atom. The highest BCUT2D eigenvalue weighted by Crippen LogP contribution is 2.30. The van der Waals surface area contributed by atoms with Crippen molar-refractivity contribution in [2.75, 3.05) is 6.54 Å². The standard InChI is InChI=1S/C26H37N3OS.C5H11NO/c1-4-6-12-24(22-10-8-7-9-11-22)28-19-20(3)23-14-13-21(17-25(23)31-29-5-2)18-26-27-15-16-30-26;1-4(2)3-5(6)7/h13-17,19,22,29H,4-12,18H2,1-3H3;4H,3H2,1-2H3,(H2,6,7)/b20-19+,28-24?;. The molecular formula is C31H48N4O2S. The number of rotatable bonds is 13. The van der Waals surface area contributed by atoms with Gasteiger partial charge in [0.1, 0.15) is 6.26 Å². The van der Waals surface area contributed by atoms with Gasteiger partial charge in [0.15, 0.2) is 5.89 Å². The number of aromatic nitrogens is 1. The number of allylic oxidation sites excluding steroid dienone is 1. The zero-order valence-electron chi connectivity index (χ0n) is 24.1. The number of benzene rings is 1. The second kappa shape index (κ2) is 18.0. The number of carbonyl (C=O) groups excluding carboxylic acids is 1. The van der Waals surface area contributed by atoms with Crippen molar-refractivity contribution >= 4 is 29.1 Å². The third-order valence-corrected chi connectivity index (χ3v) is 7.52. The lowest BCUT2D eigenvalue weighted by molar-refractivity contribution is -0.118. The van der Waals surface area contributed by atoms with Gasteiger partial charge in [-0.05, 0) is 79.2 Å². The van der Waals surface area contributed by atoms with Crippen LogP contribution in [0.25, 0.3) is 5.57 Å². The molecule has 1 aliphatic carbocycles. The van der Waals surface area contributed by atoms with E-state index in [1.54, 1.807) is 24.4 Å². The zero-order chi connectivity index (χ0) is 27.8. The number of carbonyl (C=O) groups is 1. The minimum Gasteiger partial charge on any atom is -0.449 e. The number of nitrogens with two attached hydrogens (primary N) is 1. The lowest BCUT2D eigenvalue weighted by atomic mass is 9.84. The maximum atomic E-state index is 10.0. The van der Waals surface area contributed by atoms with Gasteiger partial charge in [-0.25, -0.2) is 4.98 Å². The Morgan fingerprint density at radius 2 is 2.03 bits per heavy atom. The number of hydrogen-bond donors (Lipinski definition) is 2. The second-order valence-electron chi connectivity index (χ2n) is 10.5. The number of aliphatic imine (C=N–C) groups is 1. The van der Waals surface area contributed by atoms with E-state index in [0.29, 0.717) is 24.7 Å². The lowest BCUT2D eigenvalue weighted by Crippen LogP contribution is -2.17. The summed E-state index contributed by atoms with van der Waals surface area (Å²) in [5.41, 5.74) is 9.93. The summed E-state index contributed by atoms with van der Waals surface area (Å²) < 4.78 is 8.83. The van der Waals surface area contributed by atoms with Crippen LogP contribution in [0.1, 0.15) is 109 Å². The third-order valence-electron chi connectivity index (χ3n) is 6.53. The molecule has 1 fully saturated rings. The predicted octanol–water partition coefficient (Wildman–Crippen LogP) is 7.97. The third kappa shape index (κ3) is 12.0. The molecular weight excluding hydrogens is 492 g/mol. The maximum Gasteiger partial charge on any atom is 0.217 e. The summed E-state index contributed by atoms with van der Waals surface area (Å²) in [5, 5.41) is 0. The number of nitrogens with one attached hydrogen (secondary N) is 1. The van der Waals surface area contributed by atoms with Crippen LogP contribution in [-0.2, 0) is 11.2 Å². The topological polar surface area (TPSA) is 93.5 Å². The highest BCUT2D eigenvalue weighted by atomic mass is 32.2. The molecule has 0 atom stereocenters. The van der Waals surface area contributed by atoms with E-state index in [9.17, 15) is 4.79 Å². The van der Waals surface area contributed by atoms with Crippen LogP contribution < -0.4 is 10.5 Å². The molecule has 1 amide bonds. The monoisotopic (exact) mass is 540 g/mol. The van der Waals surface area contributed by atoms with Gasteiger partial charge in [0.05, 0.1) is 6.20 Å². The number of oxazole rings is 1. The predicted molar refractivity (Wildman–Crippen MR) is 161 cm³/mol. The van der Waals surface area contributed by atoms with Gasteiger partial charge < -0.3 is 10.2 Å². The fraction of sp³-hybridized carbons (Fsp3) is 0.581. The van der Waals surface area contributed by atoms with E-state index in [1.807, 2.05) is 13.8 Å². The number of primary amides is 1. The normalized spacial score (nSPS) is 14.9. The van der Waals surface area contributed by atoms with Crippen LogP contribution in [0, 0.1) is 11.8 Å². The largest absolute Gasteiger partial charge is 0.449 e. The maximum absolute atomic E-state index is 10.0. The van der Waals surface area contributed by atoms with Crippen LogP contribution in [0.3, 0.4) is 0 Å². The van der Waals surface area contributed by atoms with Gasteiger partial charge in [0.2, 0.25) is 5.91 Å². The van der Waals surface area contributed by atoms with E-state index in [-0.39, 0.29) is 5.91 Å². The van der Waals surface area contributed by atoms with Gasteiger partial charge in [-0.3, -0.25) is 14.5 Å². The number of nitrogens with zero attached hydrogens (tertiary/aromatic N) is 2. The van der Waals surface area contributed by atoms with Crippen molar-refractivity contribution in [3.63, 3.8) is 0 Å². The molecule has 1 aromatic heterocycles. The molecule has 0 bridgehead atoms. The molecule has 210 valence electrons. The summed E-state index contributed by atoms with van der Waals surface area (Å²) in [6, 6.07) is 6.63. The van der Waals surface area contributed by atoms with E-state index in [2.05, 4.69) is 54.9 Å². The Morgan fingerprint density at radius 3 is 2.61 bits per heavy atom. The molecule has 6 nitrogen and oxygen atoms in total. The Kier molecular flexibility index (Phi) is 15.1. The molecule has 7 heteroatoms. The molecule has 0 aliphatic heterocycles. The van der Waals surface area contributed by atoms with Gasteiger partial charge in [-0.15, -0.1) is 0 Å². The second-order valence-corrected chi connectivity index (χ2v) is 11.4. The lowest BCUT2D eigenvalue weighted by Gasteiger charge is -2.23. The van der Waals surface area contributed by atoms with E-state index in [0.717, 1.165) is 18.9 Å². The van der Waals surface area contributed by atoms with Crippen molar-refractivity contribution in [1.29, 1.82) is 0 Å². The minimum absolute atomic E-state index is 0.213. The molecule has 2 aromatic rings. The highest BCUT2D eigenvalue weighted by Gasteiger charge is 2.18. The van der Waals surface area contributed by atoms with Gasteiger partial charge in [-0.1, -0.05) is 65.5 Å². The molecule has 1 saturated carbocycles. The van der Waals surface area contributed by atoms with E-state index < -0.39 is 0 Å². The first-order chi connectivity index (χ1) is 18.3. The minimum atomic E-state index is -0.213. The van der Waals surface area contributed by atoms with Gasteiger partial charge in [-0.2, -0.15) is 0 Å². The Labute approximate surface area is 234 Å². The molecule has 0 saturated heterocycles. The van der Waals surface area contributed by atoms with E-state index in [1.165, 1.54) is 72.3 Å². The Hall–Kier alpha value is -2.38. The smallest absolute Gasteiger partial charge is 0.217 e. The van der Waals surface area contributed by atoms with Gasteiger partial charge in [0, 0.05) is 36.2 Å². The molecule has 3 N–H and O–H groups in total. The molecule has 1 heterocycles. The van der Waals surface area contributed by atoms with Crippen molar-refractivity contribution in [1.82, 2.24) is 9.71 Å². The van der Waals surface area contributed by atoms with Crippen LogP contribution in [0.5, 0.6) is 0 Å². The summed E-state index contributed by atoms with van der Waals surface area (Å²) in [6.07, 6.45) is 17.0. The summed E-state index contributed by atoms with van der Waals surface area (Å²) in [4.78, 5) is 20.6. The Bertz CT molecular complexity index is 1010. The summed E-state index contributed by atoms with van der Waals surface area (Å²) in [7, 11) is 0. The molecule has 1 aliphatic rings. The first-order valence-electron chi connectivity index (χ1n) is 14.3. The van der Waals surface area contributed by atoms with Crippen molar-refractivity contribution in [3.05, 3.63) is 53.9 Å². The molecule has 0 spiro atoms. The van der Waals surface area contributed by atoms with E-state index in [4.69, 9.17) is 15.1 Å². The molecule has 3 rings (SSSR count). The van der Waals surface area contributed by atoms with Crippen molar-refractivity contribution < 1.29 is 9.21 Å². The fourth-order valence-electron chi connectivity index (χ4n) is 4.57. The average Bonchev–Trinajstić information content (AvgIpc) is 3.40. The first-order valence-corrected chi connectivity index (χ1v) is 15.1.